The van der Waals surface area contributed by atoms with E-state index in [1.165, 1.54) is 0 Å². The van der Waals surface area contributed by atoms with Crippen LogP contribution in [0.1, 0.15) is 13.3 Å². The van der Waals surface area contributed by atoms with Crippen molar-refractivity contribution in [2.75, 3.05) is 0 Å². The van der Waals surface area contributed by atoms with Crippen LogP contribution in [0.15, 0.2) is 0 Å². The molecule has 0 nitrogen and oxygen atoms in total. The molecule has 2 heteroatoms. The zero-order chi connectivity index (χ0) is 4.28. The van der Waals surface area contributed by atoms with E-state index in [0.29, 0.717) is 0 Å². The summed E-state index contributed by atoms with van der Waals surface area (Å²) in [6.45, 7) is 1.98. The number of hydrogen-bond acceptors (Lipinski definition) is 1. The average molecular weight is 106 g/mol. The second-order valence-corrected chi connectivity index (χ2v) is 2.08. The highest BCUT2D eigenvalue weighted by Gasteiger charge is 1.72. The first-order valence-corrected chi connectivity index (χ1v) is 2.34. The van der Waals surface area contributed by atoms with Gasteiger partial charge in [-0.05, 0) is 6.42 Å². The van der Waals surface area contributed by atoms with Crippen LogP contribution in [0.3, 0.4) is 0 Å². The van der Waals surface area contributed by atoms with Crippen molar-refractivity contribution in [2.45, 2.75) is 13.3 Å². The van der Waals surface area contributed by atoms with E-state index in [4.69, 9.17) is 0 Å². The Hall–Kier alpha value is 0.440. The summed E-state index contributed by atoms with van der Waals surface area (Å²) < 4.78 is 0.782. The zero-order valence-corrected chi connectivity index (χ0v) is 4.77. The third-order valence-corrected chi connectivity index (χ3v) is 0.907. The normalized spacial score (nSPS) is 7.60. The summed E-state index contributed by atoms with van der Waals surface area (Å²) in [5, 5.41) is 0. The van der Waals surface area contributed by atoms with Crippen molar-refractivity contribution in [2.24, 2.45) is 0 Å². The number of thiol groups is 1. The van der Waals surface area contributed by atoms with Crippen LogP contribution >= 0.6 is 24.8 Å². The van der Waals surface area contributed by atoms with Crippen molar-refractivity contribution in [1.82, 2.24) is 0 Å². The van der Waals surface area contributed by atoms with Crippen LogP contribution in [0, 0.1) is 0 Å². The molecule has 0 radical (unpaired) electrons. The zero-order valence-electron chi connectivity index (χ0n) is 3.06. The van der Waals surface area contributed by atoms with Gasteiger partial charge in [-0.15, -0.1) is 12.6 Å². The lowest BCUT2D eigenvalue weighted by Crippen LogP contribution is -1.69. The Kier molecular flexibility index (Phi) is 2.90. The molecule has 0 aromatic heterocycles. The molecular formula is C3H6S2. The van der Waals surface area contributed by atoms with Gasteiger partial charge in [0.05, 0.1) is 0 Å². The maximum Gasteiger partial charge on any atom is 0.0445 e. The fourth-order valence-electron chi connectivity index (χ4n) is 0. The summed E-state index contributed by atoms with van der Waals surface area (Å²) in [6, 6.07) is 0. The summed E-state index contributed by atoms with van der Waals surface area (Å²) in [5.74, 6) is 0. The summed E-state index contributed by atoms with van der Waals surface area (Å²) in [5.41, 5.74) is 0. The number of rotatable bonds is 1. The largest absolute Gasteiger partial charge is 0.136 e. The van der Waals surface area contributed by atoms with Crippen molar-refractivity contribution in [3.63, 3.8) is 0 Å². The maximum atomic E-state index is 4.56. The van der Waals surface area contributed by atoms with Crippen molar-refractivity contribution >= 4 is 29.0 Å². The topological polar surface area (TPSA) is 0 Å². The minimum absolute atomic E-state index is 0.782. The van der Waals surface area contributed by atoms with Crippen LogP contribution in [-0.4, -0.2) is 4.20 Å². The van der Waals surface area contributed by atoms with E-state index in [1.54, 1.807) is 0 Å². The average Bonchev–Trinajstić information content (AvgIpc) is 1.38. The molecule has 0 aliphatic rings. The van der Waals surface area contributed by atoms with E-state index < -0.39 is 0 Å². The van der Waals surface area contributed by atoms with Gasteiger partial charge in [0.25, 0.3) is 0 Å². The second kappa shape index (κ2) is 2.67. The first kappa shape index (κ1) is 5.44. The van der Waals surface area contributed by atoms with Crippen LogP contribution in [-0.2, 0) is 0 Å². The molecule has 0 saturated carbocycles. The monoisotopic (exact) mass is 106 g/mol. The van der Waals surface area contributed by atoms with Gasteiger partial charge >= 0.3 is 0 Å². The smallest absolute Gasteiger partial charge is 0.0445 e. The van der Waals surface area contributed by atoms with Gasteiger partial charge in [-0.2, -0.15) is 0 Å². The molecular weight excluding hydrogens is 100 g/mol. The molecule has 0 saturated heterocycles. The van der Waals surface area contributed by atoms with Gasteiger partial charge in [-0.3, -0.25) is 0 Å². The molecule has 0 atom stereocenters. The highest BCUT2D eigenvalue weighted by molar-refractivity contribution is 8.11. The lowest BCUT2D eigenvalue weighted by molar-refractivity contribution is 1.35. The van der Waals surface area contributed by atoms with Gasteiger partial charge in [0.2, 0.25) is 0 Å². The molecule has 0 aromatic carbocycles. The fraction of sp³-hybridized carbons (Fsp3) is 0.667. The Balaban J connectivity index is 2.85. The van der Waals surface area contributed by atoms with E-state index in [9.17, 15) is 0 Å². The Labute approximate surface area is 43.0 Å². The van der Waals surface area contributed by atoms with Crippen LogP contribution in [0.5, 0.6) is 0 Å². The van der Waals surface area contributed by atoms with E-state index in [-0.39, 0.29) is 0 Å². The standard InChI is InChI=1S/C3H6S2/c1-2-3(4)5/h2H2,1H3,(H,4,5). The Morgan fingerprint density at radius 3 is 2.20 bits per heavy atom. The third kappa shape index (κ3) is 4.44. The number of hydrogen-bond donors (Lipinski definition) is 1. The first-order valence-electron chi connectivity index (χ1n) is 1.49. The van der Waals surface area contributed by atoms with Crippen LogP contribution in [0.25, 0.3) is 0 Å². The van der Waals surface area contributed by atoms with Crippen LogP contribution < -0.4 is 0 Å². The second-order valence-electron chi connectivity index (χ2n) is 0.747. The first-order chi connectivity index (χ1) is 2.27. The van der Waals surface area contributed by atoms with Gasteiger partial charge in [0, 0.05) is 4.20 Å². The van der Waals surface area contributed by atoms with Gasteiger partial charge in [0.1, 0.15) is 0 Å². The van der Waals surface area contributed by atoms with Crippen molar-refractivity contribution in [3.8, 4) is 0 Å². The lowest BCUT2D eigenvalue weighted by atomic mass is 10.6. The van der Waals surface area contributed by atoms with Crippen molar-refractivity contribution in [3.05, 3.63) is 0 Å². The minimum atomic E-state index is 0.782. The third-order valence-electron chi connectivity index (χ3n) is 0.302. The Bertz CT molecular complexity index is 40.2. The minimum Gasteiger partial charge on any atom is -0.136 e. The Morgan fingerprint density at radius 2 is 2.20 bits per heavy atom. The lowest BCUT2D eigenvalue weighted by Gasteiger charge is -1.75. The van der Waals surface area contributed by atoms with Crippen molar-refractivity contribution < 1.29 is 0 Å². The van der Waals surface area contributed by atoms with Gasteiger partial charge < -0.3 is 0 Å². The molecule has 0 aliphatic carbocycles. The van der Waals surface area contributed by atoms with Crippen molar-refractivity contribution in [1.29, 1.82) is 0 Å². The van der Waals surface area contributed by atoms with E-state index >= 15 is 0 Å². The molecule has 0 N–H and O–H groups in total. The predicted octanol–water partition coefficient (Wildman–Crippen LogP) is 1.65. The highest BCUT2D eigenvalue weighted by Crippen LogP contribution is 1.86. The summed E-state index contributed by atoms with van der Waals surface area (Å²) in [7, 11) is 0. The molecule has 0 bridgehead atoms. The summed E-state index contributed by atoms with van der Waals surface area (Å²) >= 11 is 8.39. The highest BCUT2D eigenvalue weighted by atomic mass is 32.1. The quantitative estimate of drug-likeness (QED) is 0.392. The molecule has 5 heavy (non-hydrogen) atoms. The van der Waals surface area contributed by atoms with E-state index in [1.807, 2.05) is 6.92 Å². The van der Waals surface area contributed by atoms with E-state index in [2.05, 4.69) is 24.8 Å². The van der Waals surface area contributed by atoms with Gasteiger partial charge in [0.15, 0.2) is 0 Å². The molecule has 0 aliphatic heterocycles. The molecule has 0 rings (SSSR count). The molecule has 0 aromatic rings. The SMILES string of the molecule is CCC(=S)S. The Morgan fingerprint density at radius 1 is 2.00 bits per heavy atom. The van der Waals surface area contributed by atoms with Crippen LogP contribution in [0.2, 0.25) is 0 Å². The predicted molar refractivity (Wildman–Crippen MR) is 31.9 cm³/mol. The maximum absolute atomic E-state index is 4.56. The molecule has 0 spiro atoms. The van der Waals surface area contributed by atoms with Gasteiger partial charge in [-0.25, -0.2) is 0 Å². The molecule has 0 fully saturated rings. The summed E-state index contributed by atoms with van der Waals surface area (Å²) in [6.07, 6.45) is 0.901. The molecule has 0 heterocycles. The fourth-order valence-corrected chi connectivity index (χ4v) is 0. The van der Waals surface area contributed by atoms with Gasteiger partial charge in [-0.1, -0.05) is 19.1 Å². The van der Waals surface area contributed by atoms with E-state index in [0.717, 1.165) is 10.6 Å². The number of thiocarbonyl (C=S) groups is 1. The summed E-state index contributed by atoms with van der Waals surface area (Å²) in [4.78, 5) is 0. The molecule has 0 unspecified atom stereocenters. The molecule has 0 amide bonds. The van der Waals surface area contributed by atoms with Crippen LogP contribution in [0.4, 0.5) is 0 Å². The molecule has 30 valence electrons.